The summed E-state index contributed by atoms with van der Waals surface area (Å²) in [6.07, 6.45) is 0. The fraction of sp³-hybridized carbons (Fsp3) is 0.267. The van der Waals surface area contributed by atoms with Gasteiger partial charge in [-0.25, -0.2) is 8.42 Å². The summed E-state index contributed by atoms with van der Waals surface area (Å²) in [5.41, 5.74) is -3.07. The molecule has 0 radical (unpaired) electrons. The van der Waals surface area contributed by atoms with Gasteiger partial charge in [0, 0.05) is 24.2 Å². The quantitative estimate of drug-likeness (QED) is 0.114. The summed E-state index contributed by atoms with van der Waals surface area (Å²) in [5, 5.41) is 37.3. The van der Waals surface area contributed by atoms with Crippen LogP contribution in [0.1, 0.15) is 36.1 Å². The van der Waals surface area contributed by atoms with Crippen LogP contribution < -0.4 is 11.1 Å². The van der Waals surface area contributed by atoms with Gasteiger partial charge in [-0.15, -0.1) is 10.2 Å². The largest absolute Gasteiger partial charge is 0.493 e. The van der Waals surface area contributed by atoms with E-state index in [-0.39, 0.29) is 67.9 Å². The predicted molar refractivity (Wildman–Crippen MR) is 183 cm³/mol. The summed E-state index contributed by atoms with van der Waals surface area (Å²) >= 11 is 0. The van der Waals surface area contributed by atoms with Crippen molar-refractivity contribution >= 4 is 52.8 Å². The van der Waals surface area contributed by atoms with E-state index in [1.807, 2.05) is 0 Å². The lowest BCUT2D eigenvalue weighted by Gasteiger charge is -2.14. The Balaban J connectivity index is 1.72. The van der Waals surface area contributed by atoms with Crippen molar-refractivity contribution in [2.75, 3.05) is 0 Å². The number of hydrogen-bond donors (Lipinski definition) is 4. The summed E-state index contributed by atoms with van der Waals surface area (Å²) in [6.45, 7) is 5.50. The molecular formula is C30H32N6O12S3. The zero-order valence-electron chi connectivity index (χ0n) is 27.4. The van der Waals surface area contributed by atoms with Gasteiger partial charge in [0.05, 0.1) is 21.2 Å². The molecule has 0 fully saturated rings. The first-order chi connectivity index (χ1) is 23.7. The third-order valence-corrected chi connectivity index (χ3v) is 10.7. The molecule has 2 heterocycles. The number of rotatable bonds is 12. The second-order valence-electron chi connectivity index (χ2n) is 11.0. The maximum Gasteiger partial charge on any atom is 0.269 e. The molecule has 0 atom stereocenters. The van der Waals surface area contributed by atoms with E-state index < -0.39 is 64.5 Å². The van der Waals surface area contributed by atoms with E-state index in [4.69, 9.17) is 0 Å². The maximum absolute atomic E-state index is 13.6. The first-order valence-corrected chi connectivity index (χ1v) is 19.5. The van der Waals surface area contributed by atoms with Gasteiger partial charge in [0.2, 0.25) is 21.6 Å². The van der Waals surface area contributed by atoms with Crippen molar-refractivity contribution in [2.45, 2.75) is 62.1 Å². The van der Waals surface area contributed by atoms with E-state index in [1.54, 1.807) is 0 Å². The van der Waals surface area contributed by atoms with Crippen LogP contribution >= 0.6 is 0 Å². The Morgan fingerprint density at radius 2 is 0.961 bits per heavy atom. The molecule has 2 aromatic carbocycles. The average Bonchev–Trinajstić information content (AvgIpc) is 3.05. The molecule has 0 bridgehead atoms. The molecule has 18 nitrogen and oxygen atoms in total. The average molecular weight is 765 g/mol. The highest BCUT2D eigenvalue weighted by atomic mass is 32.2. The topological polar surface area (TPSA) is 277 Å². The van der Waals surface area contributed by atoms with E-state index in [1.165, 1.54) is 76.2 Å². The van der Waals surface area contributed by atoms with Gasteiger partial charge in [-0.3, -0.25) is 27.8 Å². The standard InChI is InChI=1S/C30H32N6O12S3/c1-5-35-27(37)23(15-49(41,42)43)17(3)25(29(35)39)33-31-19-9-7-11-21(13-19)51(47,48)22-12-8-10-20(14-22)32-34-26-18(4)24(16-50(44,45)46)28(38)36(6-2)30(26)40/h7-14,39-40H,5-6,15-16H2,1-4H3,(H,41,42,43)(H,44,45,46)/b33-31+,34-32+. The molecule has 4 aromatic rings. The molecule has 4 rings (SSSR count). The third kappa shape index (κ3) is 8.45. The number of hydrogen-bond acceptors (Lipinski definition) is 14. The molecule has 4 N–H and O–H groups in total. The molecule has 0 saturated heterocycles. The number of aromatic nitrogens is 2. The monoisotopic (exact) mass is 764 g/mol. The van der Waals surface area contributed by atoms with Crippen LogP contribution in [0.2, 0.25) is 0 Å². The second-order valence-corrected chi connectivity index (χ2v) is 15.9. The minimum Gasteiger partial charge on any atom is -0.493 e. The smallest absolute Gasteiger partial charge is 0.269 e. The lowest BCUT2D eigenvalue weighted by Crippen LogP contribution is -2.26. The Morgan fingerprint density at radius 1 is 0.608 bits per heavy atom. The van der Waals surface area contributed by atoms with E-state index in [9.17, 15) is 54.2 Å². The molecule has 0 aliphatic carbocycles. The van der Waals surface area contributed by atoms with Crippen LogP contribution in [0.4, 0.5) is 22.7 Å². The second kappa shape index (κ2) is 14.6. The Hall–Kier alpha value is -5.09. The molecule has 21 heteroatoms. The zero-order chi connectivity index (χ0) is 38.1. The molecule has 0 spiro atoms. The SMILES string of the molecule is CCn1c(O)c(/N=N/c2cccc(S(=O)(=O)c3cccc(/N=N/c4c(C)c(CS(=O)(=O)O)c(=O)n(CC)c4O)c3)c2)c(C)c(CS(=O)(=O)O)c1=O. The minimum absolute atomic E-state index is 0.00556. The highest BCUT2D eigenvalue weighted by Gasteiger charge is 2.24. The number of sulfone groups is 1. The highest BCUT2D eigenvalue weighted by Crippen LogP contribution is 2.35. The summed E-state index contributed by atoms with van der Waals surface area (Å²) in [7, 11) is -13.5. The van der Waals surface area contributed by atoms with Gasteiger partial charge in [-0.2, -0.15) is 27.1 Å². The van der Waals surface area contributed by atoms with Gasteiger partial charge in [0.15, 0.2) is 0 Å². The van der Waals surface area contributed by atoms with Gasteiger partial charge in [-0.1, -0.05) is 12.1 Å². The Labute approximate surface area is 291 Å². The molecule has 0 aliphatic rings. The molecular weight excluding hydrogens is 733 g/mol. The number of nitrogens with zero attached hydrogens (tertiary/aromatic N) is 6. The van der Waals surface area contributed by atoms with E-state index in [0.29, 0.717) is 0 Å². The molecule has 0 saturated carbocycles. The van der Waals surface area contributed by atoms with E-state index in [2.05, 4.69) is 20.5 Å². The van der Waals surface area contributed by atoms with Crippen molar-refractivity contribution in [2.24, 2.45) is 20.5 Å². The predicted octanol–water partition coefficient (Wildman–Crippen LogP) is 4.52. The Kier molecular flexibility index (Phi) is 11.1. The molecule has 0 unspecified atom stereocenters. The van der Waals surface area contributed by atoms with Crippen LogP contribution in [0.15, 0.2) is 88.4 Å². The summed E-state index contributed by atoms with van der Waals surface area (Å²) in [5.74, 6) is -3.31. The first-order valence-electron chi connectivity index (χ1n) is 14.8. The Morgan fingerprint density at radius 3 is 1.27 bits per heavy atom. The maximum atomic E-state index is 13.6. The summed E-state index contributed by atoms with van der Waals surface area (Å²) in [6, 6.07) is 10.4. The van der Waals surface area contributed by atoms with Crippen molar-refractivity contribution < 1.29 is 44.6 Å². The molecule has 2 aromatic heterocycles. The van der Waals surface area contributed by atoms with Gasteiger partial charge < -0.3 is 10.2 Å². The van der Waals surface area contributed by atoms with Crippen molar-refractivity contribution in [3.05, 3.63) is 91.5 Å². The lowest BCUT2D eigenvalue weighted by molar-refractivity contribution is 0.410. The Bertz CT molecular complexity index is 2390. The van der Waals surface area contributed by atoms with Gasteiger partial charge in [0.1, 0.15) is 22.9 Å². The summed E-state index contributed by atoms with van der Waals surface area (Å²) in [4.78, 5) is 25.0. The van der Waals surface area contributed by atoms with Crippen LogP contribution in [0.25, 0.3) is 0 Å². The van der Waals surface area contributed by atoms with Crippen LogP contribution in [-0.2, 0) is 54.7 Å². The molecule has 0 aliphatic heterocycles. The highest BCUT2D eigenvalue weighted by molar-refractivity contribution is 7.91. The number of aromatic hydroxyl groups is 2. The lowest BCUT2D eigenvalue weighted by atomic mass is 10.1. The van der Waals surface area contributed by atoms with Gasteiger partial charge in [0.25, 0.3) is 31.4 Å². The van der Waals surface area contributed by atoms with Crippen molar-refractivity contribution in [1.82, 2.24) is 9.13 Å². The van der Waals surface area contributed by atoms with Crippen LogP contribution in [0.3, 0.4) is 0 Å². The van der Waals surface area contributed by atoms with E-state index in [0.717, 1.165) is 9.13 Å². The molecule has 0 amide bonds. The number of pyridine rings is 2. The molecule has 51 heavy (non-hydrogen) atoms. The van der Waals surface area contributed by atoms with Crippen LogP contribution in [0, 0.1) is 13.8 Å². The van der Waals surface area contributed by atoms with Crippen molar-refractivity contribution in [3.8, 4) is 11.8 Å². The van der Waals surface area contributed by atoms with Crippen LogP contribution in [-0.4, -0.2) is 53.7 Å². The van der Waals surface area contributed by atoms with Crippen molar-refractivity contribution in [1.29, 1.82) is 0 Å². The fourth-order valence-electron chi connectivity index (χ4n) is 5.02. The molecule has 272 valence electrons. The van der Waals surface area contributed by atoms with Crippen LogP contribution in [0.5, 0.6) is 11.8 Å². The summed E-state index contributed by atoms with van der Waals surface area (Å²) < 4.78 is 93.8. The third-order valence-electron chi connectivity index (χ3n) is 7.63. The minimum atomic E-state index is -4.63. The normalized spacial score (nSPS) is 12.7. The van der Waals surface area contributed by atoms with Gasteiger partial charge >= 0.3 is 0 Å². The number of benzene rings is 2. The fourth-order valence-corrected chi connectivity index (χ4v) is 7.77. The van der Waals surface area contributed by atoms with Gasteiger partial charge in [-0.05, 0) is 75.2 Å². The van der Waals surface area contributed by atoms with E-state index >= 15 is 0 Å². The number of azo groups is 2. The zero-order valence-corrected chi connectivity index (χ0v) is 29.9. The van der Waals surface area contributed by atoms with Crippen molar-refractivity contribution in [3.63, 3.8) is 0 Å². The first kappa shape index (κ1) is 38.7.